The SMILES string of the molecule is Cc1cc(C)cc(C(N)CC(F)(F)F)c1. The van der Waals surface area contributed by atoms with E-state index in [0.717, 1.165) is 11.1 Å². The largest absolute Gasteiger partial charge is 0.390 e. The van der Waals surface area contributed by atoms with E-state index in [0.29, 0.717) is 5.56 Å². The molecule has 1 unspecified atom stereocenters. The molecule has 4 heteroatoms. The van der Waals surface area contributed by atoms with E-state index in [4.69, 9.17) is 5.73 Å². The monoisotopic (exact) mass is 217 g/mol. The van der Waals surface area contributed by atoms with Gasteiger partial charge in [0.1, 0.15) is 0 Å². The zero-order valence-corrected chi connectivity index (χ0v) is 8.73. The Morgan fingerprint density at radius 2 is 1.60 bits per heavy atom. The zero-order valence-electron chi connectivity index (χ0n) is 8.73. The minimum Gasteiger partial charge on any atom is -0.324 e. The molecule has 1 nitrogen and oxygen atoms in total. The van der Waals surface area contributed by atoms with Gasteiger partial charge in [0.15, 0.2) is 0 Å². The van der Waals surface area contributed by atoms with Crippen LogP contribution in [0.4, 0.5) is 13.2 Å². The molecule has 0 spiro atoms. The second kappa shape index (κ2) is 4.23. The van der Waals surface area contributed by atoms with Crippen LogP contribution in [0, 0.1) is 13.8 Å². The lowest BCUT2D eigenvalue weighted by Crippen LogP contribution is -2.20. The average Bonchev–Trinajstić information content (AvgIpc) is 1.98. The average molecular weight is 217 g/mol. The van der Waals surface area contributed by atoms with Crippen molar-refractivity contribution in [1.29, 1.82) is 0 Å². The van der Waals surface area contributed by atoms with Gasteiger partial charge in [-0.15, -0.1) is 0 Å². The van der Waals surface area contributed by atoms with Crippen LogP contribution >= 0.6 is 0 Å². The van der Waals surface area contributed by atoms with Crippen LogP contribution in [-0.2, 0) is 0 Å². The summed E-state index contributed by atoms with van der Waals surface area (Å²) in [5.41, 5.74) is 7.91. The van der Waals surface area contributed by atoms with Crippen LogP contribution in [0.3, 0.4) is 0 Å². The summed E-state index contributed by atoms with van der Waals surface area (Å²) in [6.07, 6.45) is -5.19. The third-order valence-corrected chi connectivity index (χ3v) is 2.12. The Kier molecular flexibility index (Phi) is 3.39. The second-order valence-electron chi connectivity index (χ2n) is 3.85. The third-order valence-electron chi connectivity index (χ3n) is 2.12. The summed E-state index contributed by atoms with van der Waals surface area (Å²) >= 11 is 0. The predicted octanol–water partition coefficient (Wildman–Crippen LogP) is 3.26. The molecule has 0 saturated carbocycles. The van der Waals surface area contributed by atoms with Gasteiger partial charge in [0.25, 0.3) is 0 Å². The number of hydrogen-bond donors (Lipinski definition) is 1. The Balaban J connectivity index is 2.86. The van der Waals surface area contributed by atoms with Gasteiger partial charge in [-0.2, -0.15) is 13.2 Å². The van der Waals surface area contributed by atoms with E-state index in [2.05, 4.69) is 0 Å². The van der Waals surface area contributed by atoms with Crippen LogP contribution in [0.25, 0.3) is 0 Å². The summed E-state index contributed by atoms with van der Waals surface area (Å²) in [7, 11) is 0. The van der Waals surface area contributed by atoms with Crippen LogP contribution in [0.15, 0.2) is 18.2 Å². The summed E-state index contributed by atoms with van der Waals surface area (Å²) in [5, 5.41) is 0. The quantitative estimate of drug-likeness (QED) is 0.808. The van der Waals surface area contributed by atoms with E-state index in [-0.39, 0.29) is 0 Å². The molecular weight excluding hydrogens is 203 g/mol. The van der Waals surface area contributed by atoms with E-state index < -0.39 is 18.6 Å². The Morgan fingerprint density at radius 3 is 2.00 bits per heavy atom. The zero-order chi connectivity index (χ0) is 11.6. The molecule has 0 aliphatic carbocycles. The maximum atomic E-state index is 12.1. The van der Waals surface area contributed by atoms with Gasteiger partial charge >= 0.3 is 6.18 Å². The number of hydrogen-bond acceptors (Lipinski definition) is 1. The van der Waals surface area contributed by atoms with Gasteiger partial charge in [-0.3, -0.25) is 0 Å². The molecule has 0 aliphatic heterocycles. The highest BCUT2D eigenvalue weighted by molar-refractivity contribution is 5.30. The van der Waals surface area contributed by atoms with Crippen LogP contribution < -0.4 is 5.73 Å². The van der Waals surface area contributed by atoms with Crippen LogP contribution in [0.1, 0.15) is 29.2 Å². The Morgan fingerprint density at radius 1 is 1.13 bits per heavy atom. The normalized spacial score (nSPS) is 14.0. The molecule has 0 amide bonds. The fourth-order valence-electron chi connectivity index (χ4n) is 1.59. The maximum Gasteiger partial charge on any atom is 0.390 e. The van der Waals surface area contributed by atoms with Crippen molar-refractivity contribution in [1.82, 2.24) is 0 Å². The lowest BCUT2D eigenvalue weighted by Gasteiger charge is -2.15. The first-order chi connectivity index (χ1) is 6.78. The lowest BCUT2D eigenvalue weighted by atomic mass is 10.00. The molecular formula is C11H14F3N. The number of nitrogens with two attached hydrogens (primary N) is 1. The van der Waals surface area contributed by atoms with Gasteiger partial charge in [-0.25, -0.2) is 0 Å². The topological polar surface area (TPSA) is 26.0 Å². The molecule has 84 valence electrons. The molecule has 0 fully saturated rings. The minimum absolute atomic E-state index is 0.546. The first-order valence-electron chi connectivity index (χ1n) is 4.68. The number of rotatable bonds is 2. The van der Waals surface area contributed by atoms with Crippen molar-refractivity contribution in [2.75, 3.05) is 0 Å². The molecule has 1 aromatic rings. The van der Waals surface area contributed by atoms with Gasteiger partial charge in [0.2, 0.25) is 0 Å². The second-order valence-corrected chi connectivity index (χ2v) is 3.85. The van der Waals surface area contributed by atoms with E-state index >= 15 is 0 Å². The first kappa shape index (κ1) is 12.0. The van der Waals surface area contributed by atoms with E-state index in [1.165, 1.54) is 0 Å². The summed E-state index contributed by atoms with van der Waals surface area (Å²) in [6, 6.07) is 4.33. The molecule has 0 saturated heterocycles. The third kappa shape index (κ3) is 3.91. The highest BCUT2D eigenvalue weighted by Crippen LogP contribution is 2.28. The molecule has 1 rings (SSSR count). The number of alkyl halides is 3. The molecule has 0 aromatic heterocycles. The van der Waals surface area contributed by atoms with Crippen molar-refractivity contribution in [3.05, 3.63) is 34.9 Å². The van der Waals surface area contributed by atoms with E-state index in [9.17, 15) is 13.2 Å². The fourth-order valence-corrected chi connectivity index (χ4v) is 1.59. The van der Waals surface area contributed by atoms with Crippen molar-refractivity contribution in [3.8, 4) is 0 Å². The fraction of sp³-hybridized carbons (Fsp3) is 0.455. The van der Waals surface area contributed by atoms with Crippen molar-refractivity contribution >= 4 is 0 Å². The van der Waals surface area contributed by atoms with Gasteiger partial charge < -0.3 is 5.73 Å². The Hall–Kier alpha value is -1.03. The molecule has 15 heavy (non-hydrogen) atoms. The van der Waals surface area contributed by atoms with E-state index in [1.807, 2.05) is 19.9 Å². The predicted molar refractivity (Wildman–Crippen MR) is 53.5 cm³/mol. The van der Waals surface area contributed by atoms with Crippen molar-refractivity contribution in [2.45, 2.75) is 32.5 Å². The van der Waals surface area contributed by atoms with Gasteiger partial charge in [0.05, 0.1) is 6.42 Å². The van der Waals surface area contributed by atoms with Gasteiger partial charge in [0, 0.05) is 6.04 Å². The molecule has 0 bridgehead atoms. The summed E-state index contributed by atoms with van der Waals surface area (Å²) in [5.74, 6) is 0. The van der Waals surface area contributed by atoms with Crippen LogP contribution in [0.5, 0.6) is 0 Å². The lowest BCUT2D eigenvalue weighted by molar-refractivity contribution is -0.138. The highest BCUT2D eigenvalue weighted by Gasteiger charge is 2.30. The van der Waals surface area contributed by atoms with Gasteiger partial charge in [-0.05, 0) is 19.4 Å². The Bertz CT molecular complexity index is 324. The van der Waals surface area contributed by atoms with E-state index in [1.54, 1.807) is 12.1 Å². The highest BCUT2D eigenvalue weighted by atomic mass is 19.4. The number of aryl methyl sites for hydroxylation is 2. The minimum atomic E-state index is -4.21. The molecule has 0 aliphatic rings. The summed E-state index contributed by atoms with van der Waals surface area (Å²) in [4.78, 5) is 0. The standard InChI is InChI=1S/C11H14F3N/c1-7-3-8(2)5-9(4-7)10(15)6-11(12,13)14/h3-5,10H,6,15H2,1-2H3. The summed E-state index contributed by atoms with van der Waals surface area (Å²) in [6.45, 7) is 3.69. The molecule has 0 heterocycles. The molecule has 0 radical (unpaired) electrons. The van der Waals surface area contributed by atoms with Crippen molar-refractivity contribution in [3.63, 3.8) is 0 Å². The number of benzene rings is 1. The molecule has 1 aromatic carbocycles. The maximum absolute atomic E-state index is 12.1. The number of halogens is 3. The molecule has 1 atom stereocenters. The van der Waals surface area contributed by atoms with Crippen LogP contribution in [-0.4, -0.2) is 6.18 Å². The molecule has 2 N–H and O–H groups in total. The smallest absolute Gasteiger partial charge is 0.324 e. The Labute approximate surface area is 87.1 Å². The van der Waals surface area contributed by atoms with Crippen molar-refractivity contribution < 1.29 is 13.2 Å². The first-order valence-corrected chi connectivity index (χ1v) is 4.68. The van der Waals surface area contributed by atoms with Crippen molar-refractivity contribution in [2.24, 2.45) is 5.73 Å². The van der Waals surface area contributed by atoms with Crippen LogP contribution in [0.2, 0.25) is 0 Å². The summed E-state index contributed by atoms with van der Waals surface area (Å²) < 4.78 is 36.3. The van der Waals surface area contributed by atoms with Gasteiger partial charge in [-0.1, -0.05) is 29.3 Å².